The number of nitrogens with zero attached hydrogens (tertiary/aromatic N) is 2. The summed E-state index contributed by atoms with van der Waals surface area (Å²) in [7, 11) is 0. The quantitative estimate of drug-likeness (QED) is 0.893. The molecule has 2 heterocycles. The Kier molecular flexibility index (Phi) is 4.54. The Morgan fingerprint density at radius 1 is 1.29 bits per heavy atom. The van der Waals surface area contributed by atoms with Crippen molar-refractivity contribution >= 4 is 17.5 Å². The van der Waals surface area contributed by atoms with Gasteiger partial charge in [-0.15, -0.1) is 0 Å². The number of carbonyl (C=O) groups excluding carboxylic acids is 1. The molecule has 9 heteroatoms. The van der Waals surface area contributed by atoms with Gasteiger partial charge in [0.25, 0.3) is 5.91 Å². The lowest BCUT2D eigenvalue weighted by atomic mass is 10.0. The summed E-state index contributed by atoms with van der Waals surface area (Å²) in [4.78, 5) is 27.6. The van der Waals surface area contributed by atoms with Crippen LogP contribution in [0.4, 0.5) is 13.2 Å². The number of alkyl halides is 3. The van der Waals surface area contributed by atoms with Gasteiger partial charge in [0.15, 0.2) is 0 Å². The van der Waals surface area contributed by atoms with Crippen molar-refractivity contribution in [2.45, 2.75) is 33.0 Å². The predicted octanol–water partition coefficient (Wildman–Crippen LogP) is 2.50. The first kappa shape index (κ1) is 17.8. The number of hydrogen-bond donors (Lipinski definition) is 2. The lowest BCUT2D eigenvalue weighted by molar-refractivity contribution is -0.140. The molecule has 2 aromatic rings. The van der Waals surface area contributed by atoms with Crippen LogP contribution in [0.25, 0.3) is 5.65 Å². The molecule has 2 N–H and O–H groups in total. The Morgan fingerprint density at radius 3 is 2.42 bits per heavy atom. The van der Waals surface area contributed by atoms with Gasteiger partial charge in [0.2, 0.25) is 0 Å². The van der Waals surface area contributed by atoms with Gasteiger partial charge in [0.05, 0.1) is 11.3 Å². The molecular weight excluding hydrogens is 327 g/mol. The van der Waals surface area contributed by atoms with Crippen LogP contribution in [-0.2, 0) is 11.0 Å². The predicted molar refractivity (Wildman–Crippen MR) is 78.7 cm³/mol. The Hall–Kier alpha value is -2.58. The van der Waals surface area contributed by atoms with E-state index in [9.17, 15) is 22.8 Å². The second kappa shape index (κ2) is 6.14. The van der Waals surface area contributed by atoms with Crippen molar-refractivity contribution in [2.24, 2.45) is 5.92 Å². The topological polar surface area (TPSA) is 83.7 Å². The van der Waals surface area contributed by atoms with E-state index in [0.717, 1.165) is 22.7 Å². The highest BCUT2D eigenvalue weighted by Crippen LogP contribution is 2.29. The summed E-state index contributed by atoms with van der Waals surface area (Å²) < 4.78 is 39.6. The number of aromatic nitrogens is 2. The van der Waals surface area contributed by atoms with E-state index in [-0.39, 0.29) is 17.0 Å². The van der Waals surface area contributed by atoms with Gasteiger partial charge in [-0.2, -0.15) is 13.2 Å². The third kappa shape index (κ3) is 3.34. The van der Waals surface area contributed by atoms with Crippen molar-refractivity contribution in [1.29, 1.82) is 0 Å². The zero-order chi connectivity index (χ0) is 18.2. The minimum absolute atomic E-state index is 0.122. The standard InChI is InChI=1S/C15H16F3N3O3/c1-7(2)11(14(23)24)20-13(22)12-8(3)19-10-5-4-9(6-21(10)12)15(16,17)18/h4-7,11H,1-3H3,(H,20,22)(H,23,24). The van der Waals surface area contributed by atoms with E-state index in [4.69, 9.17) is 5.11 Å². The summed E-state index contributed by atoms with van der Waals surface area (Å²) in [5, 5.41) is 11.5. The number of hydrogen-bond acceptors (Lipinski definition) is 3. The molecule has 130 valence electrons. The van der Waals surface area contributed by atoms with E-state index in [1.165, 1.54) is 6.92 Å². The first-order valence-corrected chi connectivity index (χ1v) is 7.12. The van der Waals surface area contributed by atoms with Gasteiger partial charge in [-0.25, -0.2) is 9.78 Å². The van der Waals surface area contributed by atoms with Crippen LogP contribution in [0, 0.1) is 12.8 Å². The minimum Gasteiger partial charge on any atom is -0.480 e. The van der Waals surface area contributed by atoms with Gasteiger partial charge < -0.3 is 10.4 Å². The van der Waals surface area contributed by atoms with Crippen molar-refractivity contribution in [1.82, 2.24) is 14.7 Å². The molecule has 2 aromatic heterocycles. The molecule has 1 unspecified atom stereocenters. The highest BCUT2D eigenvalue weighted by molar-refractivity contribution is 5.97. The number of rotatable bonds is 4. The molecule has 6 nitrogen and oxygen atoms in total. The maximum absolute atomic E-state index is 12.9. The summed E-state index contributed by atoms with van der Waals surface area (Å²) in [6.45, 7) is 4.70. The molecule has 0 aliphatic rings. The zero-order valence-electron chi connectivity index (χ0n) is 13.2. The number of carbonyl (C=O) groups is 2. The van der Waals surface area contributed by atoms with Crippen molar-refractivity contribution < 1.29 is 27.9 Å². The number of imidazole rings is 1. The Morgan fingerprint density at radius 2 is 1.92 bits per heavy atom. The number of carboxylic acids is 1. The lowest BCUT2D eigenvalue weighted by Gasteiger charge is -2.18. The van der Waals surface area contributed by atoms with E-state index in [2.05, 4.69) is 10.3 Å². The van der Waals surface area contributed by atoms with Gasteiger partial charge in [-0.05, 0) is 25.0 Å². The van der Waals surface area contributed by atoms with E-state index < -0.39 is 35.6 Å². The lowest BCUT2D eigenvalue weighted by Crippen LogP contribution is -2.44. The molecule has 1 atom stereocenters. The van der Waals surface area contributed by atoms with Crippen molar-refractivity contribution in [3.8, 4) is 0 Å². The number of amides is 1. The maximum Gasteiger partial charge on any atom is 0.417 e. The van der Waals surface area contributed by atoms with Crippen molar-refractivity contribution in [2.75, 3.05) is 0 Å². The van der Waals surface area contributed by atoms with Crippen LogP contribution in [0.5, 0.6) is 0 Å². The Labute approximate surface area is 135 Å². The van der Waals surface area contributed by atoms with Gasteiger partial charge in [0.1, 0.15) is 17.4 Å². The van der Waals surface area contributed by atoms with Crippen molar-refractivity contribution in [3.05, 3.63) is 35.3 Å². The molecule has 0 aliphatic carbocycles. The number of halogens is 3. The second-order valence-corrected chi connectivity index (χ2v) is 5.72. The number of fused-ring (bicyclic) bond motifs is 1. The molecule has 1 amide bonds. The first-order chi connectivity index (χ1) is 11.0. The number of carboxylic acid groups (broad SMARTS) is 1. The summed E-state index contributed by atoms with van der Waals surface area (Å²) >= 11 is 0. The largest absolute Gasteiger partial charge is 0.480 e. The minimum atomic E-state index is -4.57. The molecule has 2 rings (SSSR count). The van der Waals surface area contributed by atoms with E-state index in [1.54, 1.807) is 13.8 Å². The van der Waals surface area contributed by atoms with Crippen LogP contribution in [0.2, 0.25) is 0 Å². The fraction of sp³-hybridized carbons (Fsp3) is 0.400. The van der Waals surface area contributed by atoms with Gasteiger partial charge >= 0.3 is 12.1 Å². The third-order valence-electron chi connectivity index (χ3n) is 3.55. The van der Waals surface area contributed by atoms with Gasteiger partial charge in [-0.1, -0.05) is 13.8 Å². The fourth-order valence-electron chi connectivity index (χ4n) is 2.33. The molecule has 0 bridgehead atoms. The van der Waals surface area contributed by atoms with Crippen LogP contribution < -0.4 is 5.32 Å². The van der Waals surface area contributed by atoms with Crippen LogP contribution in [0.3, 0.4) is 0 Å². The molecule has 0 aliphatic heterocycles. The van der Waals surface area contributed by atoms with Gasteiger partial charge in [0, 0.05) is 6.20 Å². The molecule has 24 heavy (non-hydrogen) atoms. The molecule has 0 radical (unpaired) electrons. The Bertz CT molecular complexity index is 796. The molecule has 0 aromatic carbocycles. The monoisotopic (exact) mass is 343 g/mol. The smallest absolute Gasteiger partial charge is 0.417 e. The van der Waals surface area contributed by atoms with E-state index >= 15 is 0 Å². The average molecular weight is 343 g/mol. The summed E-state index contributed by atoms with van der Waals surface area (Å²) in [6, 6.07) is 0.870. The molecular formula is C15H16F3N3O3. The molecule has 0 saturated carbocycles. The number of pyridine rings is 1. The second-order valence-electron chi connectivity index (χ2n) is 5.72. The summed E-state index contributed by atoms with van der Waals surface area (Å²) in [5.74, 6) is -2.40. The molecule has 0 spiro atoms. The highest BCUT2D eigenvalue weighted by Gasteiger charge is 2.32. The highest BCUT2D eigenvalue weighted by atomic mass is 19.4. The zero-order valence-corrected chi connectivity index (χ0v) is 13.2. The fourth-order valence-corrected chi connectivity index (χ4v) is 2.33. The van der Waals surface area contributed by atoms with Gasteiger partial charge in [-0.3, -0.25) is 9.20 Å². The van der Waals surface area contributed by atoms with E-state index in [0.29, 0.717) is 0 Å². The molecule has 0 saturated heterocycles. The van der Waals surface area contributed by atoms with Crippen LogP contribution in [0.1, 0.15) is 35.6 Å². The number of aliphatic carboxylic acids is 1. The average Bonchev–Trinajstić information content (AvgIpc) is 2.77. The Balaban J connectivity index is 2.49. The third-order valence-corrected chi connectivity index (χ3v) is 3.55. The van der Waals surface area contributed by atoms with E-state index in [1.807, 2.05) is 0 Å². The first-order valence-electron chi connectivity index (χ1n) is 7.12. The normalized spacial score (nSPS) is 13.3. The van der Waals surface area contributed by atoms with Crippen LogP contribution in [0.15, 0.2) is 18.3 Å². The van der Waals surface area contributed by atoms with Crippen molar-refractivity contribution in [3.63, 3.8) is 0 Å². The summed E-state index contributed by atoms with van der Waals surface area (Å²) in [5.41, 5.74) is -0.676. The number of aryl methyl sites for hydroxylation is 1. The maximum atomic E-state index is 12.9. The number of nitrogens with one attached hydrogen (secondary N) is 1. The SMILES string of the molecule is Cc1nc2ccc(C(F)(F)F)cn2c1C(=O)NC(C(=O)O)C(C)C. The summed E-state index contributed by atoms with van der Waals surface area (Å²) in [6.07, 6.45) is -3.79. The molecule has 0 fully saturated rings. The van der Waals surface area contributed by atoms with Crippen LogP contribution in [-0.4, -0.2) is 32.4 Å². The van der Waals surface area contributed by atoms with Crippen LogP contribution >= 0.6 is 0 Å².